The molecular weight excluding hydrogens is 338 g/mol. The lowest BCUT2D eigenvalue weighted by Gasteiger charge is -2.35. The summed E-state index contributed by atoms with van der Waals surface area (Å²) in [7, 11) is 0. The third-order valence-electron chi connectivity index (χ3n) is 6.61. The van der Waals surface area contributed by atoms with Crippen molar-refractivity contribution in [3.63, 3.8) is 0 Å². The van der Waals surface area contributed by atoms with Crippen molar-refractivity contribution in [2.75, 3.05) is 26.2 Å². The number of benzene rings is 1. The molecule has 2 aromatic rings. The normalized spacial score (nSPS) is 25.3. The molecule has 0 spiro atoms. The zero-order valence-corrected chi connectivity index (χ0v) is 15.9. The molecule has 2 fully saturated rings. The van der Waals surface area contributed by atoms with E-state index in [9.17, 15) is 5.11 Å². The molecule has 3 aliphatic rings. The lowest BCUT2D eigenvalue weighted by molar-refractivity contribution is 0.133. The Labute approximate surface area is 160 Å². The highest BCUT2D eigenvalue weighted by Gasteiger charge is 2.30. The molecule has 0 amide bonds. The Morgan fingerprint density at radius 1 is 0.963 bits per heavy atom. The van der Waals surface area contributed by atoms with E-state index in [-0.39, 0.29) is 6.10 Å². The van der Waals surface area contributed by atoms with Crippen molar-refractivity contribution in [3.8, 4) is 0 Å². The quantitative estimate of drug-likeness (QED) is 0.891. The van der Waals surface area contributed by atoms with Crippen LogP contribution in [-0.4, -0.2) is 68.2 Å². The maximum absolute atomic E-state index is 9.67. The van der Waals surface area contributed by atoms with Crippen LogP contribution in [-0.2, 0) is 19.4 Å². The molecule has 2 saturated heterocycles. The van der Waals surface area contributed by atoms with E-state index in [1.165, 1.54) is 24.0 Å². The van der Waals surface area contributed by atoms with Gasteiger partial charge in [-0.3, -0.25) is 9.80 Å². The van der Waals surface area contributed by atoms with E-state index in [0.717, 1.165) is 57.7 Å². The molecule has 1 atom stereocenters. The Bertz CT molecular complexity index is 757. The van der Waals surface area contributed by atoms with E-state index in [1.54, 1.807) is 0 Å². The van der Waals surface area contributed by atoms with Gasteiger partial charge in [0.15, 0.2) is 0 Å². The topological polar surface area (TPSA) is 57.4 Å². The summed E-state index contributed by atoms with van der Waals surface area (Å²) >= 11 is 0. The summed E-state index contributed by atoms with van der Waals surface area (Å²) in [5, 5.41) is 18.5. The smallest absolute Gasteiger partial charge is 0.0967 e. The highest BCUT2D eigenvalue weighted by atomic mass is 16.3. The summed E-state index contributed by atoms with van der Waals surface area (Å²) in [6.45, 7) is 4.81. The number of β-amino-alcohol motifs (C(OH)–C–C–N with tert-alkyl or cyclic N) is 1. The molecule has 1 N–H and O–H groups in total. The SMILES string of the molecule is O[C@@H]1CCN(Cc2cn(C3CCN(C4Cc5ccccc5C4)CC3)nn2)C1. The fourth-order valence-corrected chi connectivity index (χ4v) is 5.06. The van der Waals surface area contributed by atoms with Gasteiger partial charge in [-0.05, 0) is 43.2 Å². The standard InChI is InChI=1S/C21H29N5O/c27-21-7-8-24(15-21)13-18-14-26(23-22-18)19-5-9-25(10-6-19)20-11-16-3-1-2-4-17(16)12-20/h1-4,14,19-21,27H,5-13,15H2/t21-/m1/s1. The molecule has 144 valence electrons. The lowest BCUT2D eigenvalue weighted by atomic mass is 10.0. The number of hydrogen-bond donors (Lipinski definition) is 1. The van der Waals surface area contributed by atoms with Crippen LogP contribution in [0.25, 0.3) is 0 Å². The molecule has 27 heavy (non-hydrogen) atoms. The van der Waals surface area contributed by atoms with Crippen molar-refractivity contribution in [3.05, 3.63) is 47.3 Å². The summed E-state index contributed by atoms with van der Waals surface area (Å²) in [6.07, 6.45) is 7.53. The minimum atomic E-state index is -0.175. The van der Waals surface area contributed by atoms with Gasteiger partial charge >= 0.3 is 0 Å². The highest BCUT2D eigenvalue weighted by molar-refractivity contribution is 5.33. The predicted octanol–water partition coefficient (Wildman–Crippen LogP) is 1.65. The van der Waals surface area contributed by atoms with Gasteiger partial charge in [0.25, 0.3) is 0 Å². The van der Waals surface area contributed by atoms with Crippen molar-refractivity contribution >= 4 is 0 Å². The van der Waals surface area contributed by atoms with E-state index in [2.05, 4.69) is 55.3 Å². The molecule has 0 bridgehead atoms. The van der Waals surface area contributed by atoms with Crippen molar-refractivity contribution < 1.29 is 5.11 Å². The third-order valence-corrected chi connectivity index (χ3v) is 6.61. The molecule has 1 aromatic carbocycles. The number of piperidine rings is 1. The van der Waals surface area contributed by atoms with Crippen LogP contribution >= 0.6 is 0 Å². The van der Waals surface area contributed by atoms with Crippen LogP contribution in [0.5, 0.6) is 0 Å². The van der Waals surface area contributed by atoms with Crippen LogP contribution in [0.4, 0.5) is 0 Å². The van der Waals surface area contributed by atoms with Gasteiger partial charge in [0.2, 0.25) is 0 Å². The molecule has 6 heteroatoms. The van der Waals surface area contributed by atoms with Crippen molar-refractivity contribution in [1.82, 2.24) is 24.8 Å². The Morgan fingerprint density at radius 2 is 1.70 bits per heavy atom. The molecular formula is C21H29N5O. The number of rotatable bonds is 4. The monoisotopic (exact) mass is 367 g/mol. The summed E-state index contributed by atoms with van der Waals surface area (Å²) in [6, 6.07) is 10.1. The summed E-state index contributed by atoms with van der Waals surface area (Å²) in [5.74, 6) is 0. The predicted molar refractivity (Wildman–Crippen MR) is 103 cm³/mol. The Balaban J connectivity index is 1.15. The Morgan fingerprint density at radius 3 is 2.37 bits per heavy atom. The van der Waals surface area contributed by atoms with Crippen LogP contribution < -0.4 is 0 Å². The summed E-state index contributed by atoms with van der Waals surface area (Å²) in [5.41, 5.74) is 4.10. The van der Waals surface area contributed by atoms with E-state index < -0.39 is 0 Å². The molecule has 0 unspecified atom stereocenters. The number of likely N-dealkylation sites (tertiary alicyclic amines) is 2. The fraction of sp³-hybridized carbons (Fsp3) is 0.619. The van der Waals surface area contributed by atoms with Crippen LogP contribution in [0, 0.1) is 0 Å². The highest BCUT2D eigenvalue weighted by Crippen LogP contribution is 2.30. The lowest BCUT2D eigenvalue weighted by Crippen LogP contribution is -2.42. The van der Waals surface area contributed by atoms with E-state index in [0.29, 0.717) is 12.1 Å². The first-order valence-corrected chi connectivity index (χ1v) is 10.4. The number of aliphatic hydroxyl groups excluding tert-OH is 1. The van der Waals surface area contributed by atoms with Gasteiger partial charge in [-0.15, -0.1) is 5.10 Å². The summed E-state index contributed by atoms with van der Waals surface area (Å²) in [4.78, 5) is 4.94. The van der Waals surface area contributed by atoms with Crippen LogP contribution in [0.2, 0.25) is 0 Å². The number of aliphatic hydroxyl groups is 1. The van der Waals surface area contributed by atoms with Gasteiger partial charge in [-0.1, -0.05) is 29.5 Å². The average Bonchev–Trinajstić information content (AvgIpc) is 3.42. The second kappa shape index (κ2) is 7.34. The van der Waals surface area contributed by atoms with Crippen molar-refractivity contribution in [2.24, 2.45) is 0 Å². The van der Waals surface area contributed by atoms with E-state index in [1.807, 2.05) is 0 Å². The van der Waals surface area contributed by atoms with Gasteiger partial charge in [0, 0.05) is 38.8 Å². The van der Waals surface area contributed by atoms with Crippen molar-refractivity contribution in [2.45, 2.75) is 56.8 Å². The summed E-state index contributed by atoms with van der Waals surface area (Å²) < 4.78 is 2.09. The van der Waals surface area contributed by atoms with Crippen LogP contribution in [0.3, 0.4) is 0 Å². The minimum absolute atomic E-state index is 0.175. The first kappa shape index (κ1) is 17.3. The van der Waals surface area contributed by atoms with Crippen molar-refractivity contribution in [1.29, 1.82) is 0 Å². The van der Waals surface area contributed by atoms with E-state index >= 15 is 0 Å². The fourth-order valence-electron chi connectivity index (χ4n) is 5.06. The van der Waals surface area contributed by atoms with Gasteiger partial charge in [-0.25, -0.2) is 4.68 Å². The molecule has 0 saturated carbocycles. The zero-order valence-electron chi connectivity index (χ0n) is 15.9. The number of hydrogen-bond acceptors (Lipinski definition) is 5. The van der Waals surface area contributed by atoms with Crippen LogP contribution in [0.1, 0.15) is 42.1 Å². The number of nitrogens with zero attached hydrogens (tertiary/aromatic N) is 5. The second-order valence-corrected chi connectivity index (χ2v) is 8.47. The molecule has 6 nitrogen and oxygen atoms in total. The van der Waals surface area contributed by atoms with Crippen LogP contribution in [0.15, 0.2) is 30.5 Å². The van der Waals surface area contributed by atoms with Gasteiger partial charge in [-0.2, -0.15) is 0 Å². The Hall–Kier alpha value is -1.76. The maximum Gasteiger partial charge on any atom is 0.0967 e. The third kappa shape index (κ3) is 3.66. The van der Waals surface area contributed by atoms with Gasteiger partial charge in [0.05, 0.1) is 24.0 Å². The molecule has 2 aliphatic heterocycles. The zero-order chi connectivity index (χ0) is 18.2. The molecule has 1 aliphatic carbocycles. The second-order valence-electron chi connectivity index (χ2n) is 8.47. The van der Waals surface area contributed by atoms with E-state index in [4.69, 9.17) is 0 Å². The average molecular weight is 367 g/mol. The number of fused-ring (bicyclic) bond motifs is 1. The molecule has 3 heterocycles. The molecule has 0 radical (unpaired) electrons. The molecule has 5 rings (SSSR count). The number of aromatic nitrogens is 3. The van der Waals surface area contributed by atoms with Gasteiger partial charge < -0.3 is 5.11 Å². The first-order chi connectivity index (χ1) is 13.2. The Kier molecular flexibility index (Phi) is 4.71. The van der Waals surface area contributed by atoms with Gasteiger partial charge in [0.1, 0.15) is 0 Å². The minimum Gasteiger partial charge on any atom is -0.392 e. The molecule has 1 aromatic heterocycles. The largest absolute Gasteiger partial charge is 0.392 e. The first-order valence-electron chi connectivity index (χ1n) is 10.4. The maximum atomic E-state index is 9.67.